The van der Waals surface area contributed by atoms with Crippen LogP contribution in [0, 0.1) is 5.92 Å². The Kier molecular flexibility index (Phi) is 4.79. The van der Waals surface area contributed by atoms with E-state index in [0.717, 1.165) is 23.5 Å². The zero-order chi connectivity index (χ0) is 13.8. The topological polar surface area (TPSA) is 17.0 Å². The molecule has 1 fully saturated rings. The Morgan fingerprint density at radius 2 is 2.00 bits per heavy atom. The minimum Gasteiger partial charge on any atom is -0.346 e. The van der Waals surface area contributed by atoms with Gasteiger partial charge in [0.05, 0.1) is 0 Å². The third-order valence-electron chi connectivity index (χ3n) is 4.42. The van der Waals surface area contributed by atoms with Gasteiger partial charge in [0.1, 0.15) is 0 Å². The molecule has 108 valence electrons. The lowest BCUT2D eigenvalue weighted by atomic mass is 9.89. The van der Waals surface area contributed by atoms with Gasteiger partial charge < -0.3 is 9.88 Å². The number of nitrogens with one attached hydrogen (secondary N) is 1. The Morgan fingerprint density at radius 3 is 2.85 bits per heavy atom. The van der Waals surface area contributed by atoms with E-state index >= 15 is 0 Å². The van der Waals surface area contributed by atoms with Crippen LogP contribution in [0.2, 0.25) is 0 Å². The highest BCUT2D eigenvalue weighted by Crippen LogP contribution is 2.23. The fourth-order valence-corrected chi connectivity index (χ4v) is 3.64. The van der Waals surface area contributed by atoms with Gasteiger partial charge in [-0.2, -0.15) is 0 Å². The quantitative estimate of drug-likeness (QED) is 0.792. The molecule has 0 bridgehead atoms. The molecular weight excluding hydrogens is 312 g/mol. The molecule has 1 aromatic heterocycles. The zero-order valence-electron chi connectivity index (χ0n) is 11.9. The molecule has 0 amide bonds. The van der Waals surface area contributed by atoms with E-state index in [4.69, 9.17) is 0 Å². The first kappa shape index (κ1) is 14.2. The number of hydrogen-bond acceptors (Lipinski definition) is 1. The predicted octanol–water partition coefficient (Wildman–Crippen LogP) is 4.57. The summed E-state index contributed by atoms with van der Waals surface area (Å²) < 4.78 is 3.49. The smallest absolute Gasteiger partial charge is 0.0481 e. The number of hydrogen-bond donors (Lipinski definition) is 1. The minimum absolute atomic E-state index is 0.918. The van der Waals surface area contributed by atoms with Crippen molar-refractivity contribution >= 4 is 26.8 Å². The van der Waals surface area contributed by atoms with Crippen LogP contribution in [-0.4, -0.2) is 17.7 Å². The molecule has 1 saturated carbocycles. The van der Waals surface area contributed by atoms with Crippen LogP contribution in [0.15, 0.2) is 34.9 Å². The Labute approximate surface area is 129 Å². The van der Waals surface area contributed by atoms with Crippen molar-refractivity contribution in [2.45, 2.75) is 38.6 Å². The Bertz CT molecular complexity index is 555. The van der Waals surface area contributed by atoms with Gasteiger partial charge in [-0.05, 0) is 49.6 Å². The van der Waals surface area contributed by atoms with E-state index in [2.05, 4.69) is 56.3 Å². The maximum atomic E-state index is 3.64. The molecule has 20 heavy (non-hydrogen) atoms. The van der Waals surface area contributed by atoms with E-state index in [-0.39, 0.29) is 0 Å². The molecule has 0 atom stereocenters. The van der Waals surface area contributed by atoms with Gasteiger partial charge in [0, 0.05) is 34.7 Å². The Hall–Kier alpha value is -0.800. The number of benzene rings is 1. The molecule has 1 aromatic carbocycles. The molecule has 1 aliphatic carbocycles. The van der Waals surface area contributed by atoms with Crippen LogP contribution in [0.3, 0.4) is 0 Å². The van der Waals surface area contributed by atoms with E-state index < -0.39 is 0 Å². The maximum Gasteiger partial charge on any atom is 0.0481 e. The van der Waals surface area contributed by atoms with Gasteiger partial charge in [-0.25, -0.2) is 0 Å². The molecule has 3 rings (SSSR count). The summed E-state index contributed by atoms with van der Waals surface area (Å²) in [5, 5.41) is 4.95. The summed E-state index contributed by atoms with van der Waals surface area (Å²) in [5.74, 6) is 0.918. The first-order valence-corrected chi connectivity index (χ1v) is 8.57. The van der Waals surface area contributed by atoms with Crippen LogP contribution in [0.5, 0.6) is 0 Å². The lowest BCUT2D eigenvalue weighted by molar-refractivity contribution is 0.341. The summed E-state index contributed by atoms with van der Waals surface area (Å²) in [6.07, 6.45) is 9.36. The summed E-state index contributed by atoms with van der Waals surface area (Å²) in [6.45, 7) is 3.32. The summed E-state index contributed by atoms with van der Waals surface area (Å²) >= 11 is 3.53. The van der Waals surface area contributed by atoms with Gasteiger partial charge >= 0.3 is 0 Å². The average molecular weight is 335 g/mol. The standard InChI is InChI=1S/C17H23BrN2/c18-16-6-7-17-15(12-16)8-10-20(17)11-9-19-13-14-4-2-1-3-5-14/h6-8,10,12,14,19H,1-5,9,11,13H2. The largest absolute Gasteiger partial charge is 0.346 e. The molecule has 0 spiro atoms. The Morgan fingerprint density at radius 1 is 1.15 bits per heavy atom. The van der Waals surface area contributed by atoms with E-state index in [0.29, 0.717) is 0 Å². The van der Waals surface area contributed by atoms with Crippen molar-refractivity contribution in [1.29, 1.82) is 0 Å². The van der Waals surface area contributed by atoms with Crippen molar-refractivity contribution in [3.05, 3.63) is 34.9 Å². The molecule has 0 unspecified atom stereocenters. The predicted molar refractivity (Wildman–Crippen MR) is 89.1 cm³/mol. The summed E-state index contributed by atoms with van der Waals surface area (Å²) in [4.78, 5) is 0. The highest BCUT2D eigenvalue weighted by molar-refractivity contribution is 9.10. The fourth-order valence-electron chi connectivity index (χ4n) is 3.26. The van der Waals surface area contributed by atoms with Gasteiger partial charge in [0.2, 0.25) is 0 Å². The Balaban J connectivity index is 1.49. The first-order valence-electron chi connectivity index (χ1n) is 7.78. The van der Waals surface area contributed by atoms with Crippen molar-refractivity contribution in [1.82, 2.24) is 9.88 Å². The molecule has 1 aliphatic rings. The van der Waals surface area contributed by atoms with Gasteiger partial charge in [-0.3, -0.25) is 0 Å². The van der Waals surface area contributed by atoms with Crippen LogP contribution in [0.1, 0.15) is 32.1 Å². The molecular formula is C17H23BrN2. The van der Waals surface area contributed by atoms with Crippen molar-refractivity contribution in [3.8, 4) is 0 Å². The highest BCUT2D eigenvalue weighted by atomic mass is 79.9. The molecule has 0 radical (unpaired) electrons. The average Bonchev–Trinajstić information content (AvgIpc) is 2.87. The normalized spacial score (nSPS) is 16.9. The van der Waals surface area contributed by atoms with E-state index in [1.807, 2.05) is 0 Å². The number of aromatic nitrogens is 1. The second-order valence-electron chi connectivity index (χ2n) is 5.92. The summed E-state index contributed by atoms with van der Waals surface area (Å²) in [5.41, 5.74) is 1.33. The highest BCUT2D eigenvalue weighted by Gasteiger charge is 2.12. The van der Waals surface area contributed by atoms with Crippen LogP contribution >= 0.6 is 15.9 Å². The van der Waals surface area contributed by atoms with Crippen LogP contribution in [0.4, 0.5) is 0 Å². The van der Waals surface area contributed by atoms with E-state index in [1.54, 1.807) is 0 Å². The maximum absolute atomic E-state index is 3.64. The first-order chi connectivity index (χ1) is 9.83. The second-order valence-corrected chi connectivity index (χ2v) is 6.84. The van der Waals surface area contributed by atoms with Crippen LogP contribution in [-0.2, 0) is 6.54 Å². The van der Waals surface area contributed by atoms with Crippen molar-refractivity contribution in [2.24, 2.45) is 5.92 Å². The van der Waals surface area contributed by atoms with Crippen molar-refractivity contribution < 1.29 is 0 Å². The van der Waals surface area contributed by atoms with E-state index in [1.165, 1.54) is 49.6 Å². The van der Waals surface area contributed by atoms with Gasteiger partial charge in [0.25, 0.3) is 0 Å². The molecule has 0 aliphatic heterocycles. The van der Waals surface area contributed by atoms with Crippen molar-refractivity contribution in [3.63, 3.8) is 0 Å². The number of nitrogens with zero attached hydrogens (tertiary/aromatic N) is 1. The number of fused-ring (bicyclic) bond motifs is 1. The summed E-state index contributed by atoms with van der Waals surface area (Å²) in [7, 11) is 0. The molecule has 1 heterocycles. The van der Waals surface area contributed by atoms with Gasteiger partial charge in [-0.1, -0.05) is 35.2 Å². The molecule has 3 heteroatoms. The van der Waals surface area contributed by atoms with Gasteiger partial charge in [-0.15, -0.1) is 0 Å². The second kappa shape index (κ2) is 6.77. The molecule has 1 N–H and O–H groups in total. The lowest BCUT2D eigenvalue weighted by Crippen LogP contribution is -2.27. The number of halogens is 1. The fraction of sp³-hybridized carbons (Fsp3) is 0.529. The summed E-state index contributed by atoms with van der Waals surface area (Å²) in [6, 6.07) is 8.69. The molecule has 0 saturated heterocycles. The zero-order valence-corrected chi connectivity index (χ0v) is 13.5. The number of rotatable bonds is 5. The van der Waals surface area contributed by atoms with E-state index in [9.17, 15) is 0 Å². The molecule has 2 aromatic rings. The minimum atomic E-state index is 0.918. The van der Waals surface area contributed by atoms with Crippen molar-refractivity contribution in [2.75, 3.05) is 13.1 Å². The monoisotopic (exact) mass is 334 g/mol. The third kappa shape index (κ3) is 3.44. The SMILES string of the molecule is Brc1ccc2c(ccn2CCNCC2CCCCC2)c1. The lowest BCUT2D eigenvalue weighted by Gasteiger charge is -2.21. The van der Waals surface area contributed by atoms with Gasteiger partial charge in [0.15, 0.2) is 0 Å². The third-order valence-corrected chi connectivity index (χ3v) is 4.91. The van der Waals surface area contributed by atoms with Crippen LogP contribution < -0.4 is 5.32 Å². The van der Waals surface area contributed by atoms with Crippen LogP contribution in [0.25, 0.3) is 10.9 Å². The molecule has 2 nitrogen and oxygen atoms in total.